The molecule has 1 aromatic heterocycles. The summed E-state index contributed by atoms with van der Waals surface area (Å²) in [4.78, 5) is 19.8. The molecule has 0 saturated carbocycles. The Morgan fingerprint density at radius 2 is 2.35 bits per heavy atom. The number of hydrogen-bond donors (Lipinski definition) is 1. The van der Waals surface area contributed by atoms with Crippen LogP contribution in [0.3, 0.4) is 0 Å². The summed E-state index contributed by atoms with van der Waals surface area (Å²) >= 11 is 0. The predicted octanol–water partition coefficient (Wildman–Crippen LogP) is 1.70. The summed E-state index contributed by atoms with van der Waals surface area (Å²) in [6.45, 7) is 6.33. The monoisotopic (exact) mass is 277 g/mol. The van der Waals surface area contributed by atoms with Crippen LogP contribution >= 0.6 is 0 Å². The van der Waals surface area contributed by atoms with Gasteiger partial charge in [0.1, 0.15) is 0 Å². The van der Waals surface area contributed by atoms with Crippen LogP contribution in [0.5, 0.6) is 0 Å². The molecule has 1 atom stereocenters. The van der Waals surface area contributed by atoms with E-state index < -0.39 is 5.97 Å². The maximum Gasteiger partial charge on any atom is 0.337 e. The van der Waals surface area contributed by atoms with E-state index in [1.807, 2.05) is 0 Å². The molecule has 5 nitrogen and oxygen atoms in total. The van der Waals surface area contributed by atoms with Crippen molar-refractivity contribution in [1.82, 2.24) is 14.8 Å². The summed E-state index contributed by atoms with van der Waals surface area (Å²) in [5.74, 6) is -0.929. The molecule has 1 fully saturated rings. The predicted molar refractivity (Wildman–Crippen MR) is 77.8 cm³/mol. The van der Waals surface area contributed by atoms with Crippen molar-refractivity contribution in [3.8, 4) is 0 Å². The normalized spacial score (nSPS) is 19.6. The number of hydrogen-bond acceptors (Lipinski definition) is 4. The minimum atomic E-state index is -0.929. The molecule has 1 saturated heterocycles. The van der Waals surface area contributed by atoms with Crippen molar-refractivity contribution in [3.63, 3.8) is 0 Å². The van der Waals surface area contributed by atoms with Crippen LogP contribution in [0.25, 0.3) is 0 Å². The Labute approximate surface area is 120 Å². The zero-order valence-electron chi connectivity index (χ0n) is 12.2. The van der Waals surface area contributed by atoms with Gasteiger partial charge in [-0.05, 0) is 45.1 Å². The van der Waals surface area contributed by atoms with E-state index in [0.29, 0.717) is 6.04 Å². The molecule has 1 unspecified atom stereocenters. The molecule has 0 aromatic carbocycles. The second-order valence-electron chi connectivity index (χ2n) is 5.46. The van der Waals surface area contributed by atoms with Crippen molar-refractivity contribution < 1.29 is 9.90 Å². The smallest absolute Gasteiger partial charge is 0.337 e. The van der Waals surface area contributed by atoms with Crippen molar-refractivity contribution in [1.29, 1.82) is 0 Å². The van der Waals surface area contributed by atoms with Crippen LogP contribution in [0.1, 0.15) is 35.8 Å². The Bertz CT molecular complexity index is 447. The highest BCUT2D eigenvalue weighted by Crippen LogP contribution is 2.17. The molecule has 0 spiro atoms. The lowest BCUT2D eigenvalue weighted by Crippen LogP contribution is -2.38. The number of likely N-dealkylation sites (N-methyl/N-ethyl adjacent to an activating group) is 2. The first-order chi connectivity index (χ1) is 9.60. The molecule has 1 aliphatic heterocycles. The Hall–Kier alpha value is -1.46. The summed E-state index contributed by atoms with van der Waals surface area (Å²) in [6.07, 6.45) is 3.99. The van der Waals surface area contributed by atoms with Crippen molar-refractivity contribution in [2.24, 2.45) is 0 Å². The largest absolute Gasteiger partial charge is 0.478 e. The first-order valence-corrected chi connectivity index (χ1v) is 7.21. The topological polar surface area (TPSA) is 56.7 Å². The van der Waals surface area contributed by atoms with Gasteiger partial charge in [-0.2, -0.15) is 0 Å². The van der Waals surface area contributed by atoms with E-state index in [1.54, 1.807) is 12.1 Å². The molecule has 5 heteroatoms. The van der Waals surface area contributed by atoms with Crippen LogP contribution in [-0.2, 0) is 6.54 Å². The fraction of sp³-hybridized carbons (Fsp3) is 0.600. The highest BCUT2D eigenvalue weighted by Gasteiger charge is 2.23. The SMILES string of the molecule is CCN1CCCC1CN(C)Cc1ccc(C(=O)O)cn1. The average molecular weight is 277 g/mol. The highest BCUT2D eigenvalue weighted by molar-refractivity contribution is 5.87. The number of rotatable bonds is 6. The van der Waals surface area contributed by atoms with Gasteiger partial charge in [0.25, 0.3) is 0 Å². The van der Waals surface area contributed by atoms with Crippen molar-refractivity contribution >= 4 is 5.97 Å². The van der Waals surface area contributed by atoms with Crippen LogP contribution < -0.4 is 0 Å². The minimum Gasteiger partial charge on any atom is -0.478 e. The number of likely N-dealkylation sites (tertiary alicyclic amines) is 1. The number of carboxylic acid groups (broad SMARTS) is 1. The van der Waals surface area contributed by atoms with Gasteiger partial charge in [0, 0.05) is 25.3 Å². The zero-order chi connectivity index (χ0) is 14.5. The fourth-order valence-electron chi connectivity index (χ4n) is 2.86. The maximum atomic E-state index is 10.8. The molecule has 2 heterocycles. The number of carboxylic acids is 1. The van der Waals surface area contributed by atoms with Crippen LogP contribution in [0.15, 0.2) is 18.3 Å². The van der Waals surface area contributed by atoms with E-state index >= 15 is 0 Å². The van der Waals surface area contributed by atoms with E-state index in [4.69, 9.17) is 5.11 Å². The molecule has 0 amide bonds. The van der Waals surface area contributed by atoms with E-state index in [0.717, 1.165) is 25.3 Å². The van der Waals surface area contributed by atoms with Gasteiger partial charge >= 0.3 is 5.97 Å². The van der Waals surface area contributed by atoms with Gasteiger partial charge < -0.3 is 5.11 Å². The lowest BCUT2D eigenvalue weighted by molar-refractivity contribution is 0.0696. The van der Waals surface area contributed by atoms with Crippen molar-refractivity contribution in [2.45, 2.75) is 32.4 Å². The zero-order valence-corrected chi connectivity index (χ0v) is 12.2. The van der Waals surface area contributed by atoms with Gasteiger partial charge in [-0.3, -0.25) is 14.8 Å². The lowest BCUT2D eigenvalue weighted by Gasteiger charge is -2.27. The molecule has 110 valence electrons. The molecule has 1 aromatic rings. The molecule has 20 heavy (non-hydrogen) atoms. The van der Waals surface area contributed by atoms with E-state index in [2.05, 4.69) is 28.8 Å². The van der Waals surface area contributed by atoms with Crippen LogP contribution in [0.2, 0.25) is 0 Å². The Balaban J connectivity index is 1.87. The fourth-order valence-corrected chi connectivity index (χ4v) is 2.86. The van der Waals surface area contributed by atoms with E-state index in [-0.39, 0.29) is 5.56 Å². The van der Waals surface area contributed by atoms with Gasteiger partial charge in [0.2, 0.25) is 0 Å². The lowest BCUT2D eigenvalue weighted by atomic mass is 10.2. The van der Waals surface area contributed by atoms with Gasteiger partial charge in [0.05, 0.1) is 11.3 Å². The third-order valence-corrected chi connectivity index (χ3v) is 3.93. The number of carbonyl (C=O) groups is 1. The Morgan fingerprint density at radius 1 is 1.55 bits per heavy atom. The first kappa shape index (κ1) is 14.9. The molecular formula is C15H23N3O2. The van der Waals surface area contributed by atoms with Gasteiger partial charge in [-0.25, -0.2) is 4.79 Å². The Morgan fingerprint density at radius 3 is 2.95 bits per heavy atom. The van der Waals surface area contributed by atoms with Crippen LogP contribution in [0, 0.1) is 0 Å². The van der Waals surface area contributed by atoms with Crippen molar-refractivity contribution in [2.75, 3.05) is 26.7 Å². The molecule has 0 radical (unpaired) electrons. The van der Waals surface area contributed by atoms with E-state index in [1.165, 1.54) is 25.6 Å². The summed E-state index contributed by atoms with van der Waals surface area (Å²) in [5.41, 5.74) is 1.16. The van der Waals surface area contributed by atoms with Crippen molar-refractivity contribution in [3.05, 3.63) is 29.6 Å². The highest BCUT2D eigenvalue weighted by atomic mass is 16.4. The molecule has 1 aliphatic rings. The summed E-state index contributed by atoms with van der Waals surface area (Å²) in [6, 6.07) is 4.06. The van der Waals surface area contributed by atoms with Gasteiger partial charge in [0.15, 0.2) is 0 Å². The second kappa shape index (κ2) is 6.81. The van der Waals surface area contributed by atoms with Crippen LogP contribution in [0.4, 0.5) is 0 Å². The Kier molecular flexibility index (Phi) is 5.09. The van der Waals surface area contributed by atoms with Gasteiger partial charge in [-0.1, -0.05) is 6.92 Å². The van der Waals surface area contributed by atoms with Gasteiger partial charge in [-0.15, -0.1) is 0 Å². The molecule has 0 aliphatic carbocycles. The summed E-state index contributed by atoms with van der Waals surface area (Å²) in [5, 5.41) is 8.85. The van der Waals surface area contributed by atoms with E-state index in [9.17, 15) is 4.79 Å². The first-order valence-electron chi connectivity index (χ1n) is 7.21. The number of nitrogens with zero attached hydrogens (tertiary/aromatic N) is 3. The molecule has 2 rings (SSSR count). The number of aromatic carboxylic acids is 1. The minimum absolute atomic E-state index is 0.240. The third kappa shape index (κ3) is 3.77. The molecular weight excluding hydrogens is 254 g/mol. The van der Waals surface area contributed by atoms with Crippen LogP contribution in [-0.4, -0.2) is 58.6 Å². The number of pyridine rings is 1. The maximum absolute atomic E-state index is 10.8. The third-order valence-electron chi connectivity index (χ3n) is 3.93. The average Bonchev–Trinajstić information content (AvgIpc) is 2.86. The molecule has 1 N–H and O–H groups in total. The molecule has 0 bridgehead atoms. The standard InChI is InChI=1S/C15H23N3O2/c1-3-18-8-4-5-14(18)11-17(2)10-13-7-6-12(9-16-13)15(19)20/h6-7,9,14H,3-5,8,10-11H2,1-2H3,(H,19,20). The quantitative estimate of drug-likeness (QED) is 0.857. The summed E-state index contributed by atoms with van der Waals surface area (Å²) in [7, 11) is 2.10. The number of aromatic nitrogens is 1. The second-order valence-corrected chi connectivity index (χ2v) is 5.46. The summed E-state index contributed by atoms with van der Waals surface area (Å²) < 4.78 is 0.